The van der Waals surface area contributed by atoms with Crippen LogP contribution in [0.5, 0.6) is 17.2 Å². The molecule has 1 unspecified atom stereocenters. The van der Waals surface area contributed by atoms with Crippen molar-refractivity contribution in [2.45, 2.75) is 38.0 Å². The maximum absolute atomic E-state index is 11.8. The third-order valence-corrected chi connectivity index (χ3v) is 7.75. The van der Waals surface area contributed by atoms with E-state index in [1.807, 2.05) is 66.2 Å². The number of ether oxygens (including phenoxy) is 2. The maximum Gasteiger partial charge on any atom is 0.286 e. The average Bonchev–Trinajstić information content (AvgIpc) is 3.43. The van der Waals surface area contributed by atoms with Gasteiger partial charge in [-0.15, -0.1) is 0 Å². The van der Waals surface area contributed by atoms with Gasteiger partial charge in [-0.05, 0) is 54.8 Å². The van der Waals surface area contributed by atoms with E-state index in [0.29, 0.717) is 18.8 Å². The molecule has 4 aromatic rings. The molecule has 202 valence electrons. The number of amides is 2. The second-order valence-electron chi connectivity index (χ2n) is 9.63. The Balaban J connectivity index is 1.22. The monoisotopic (exact) mass is 544 g/mol. The largest absolute Gasteiger partial charge is 0.486 e. The summed E-state index contributed by atoms with van der Waals surface area (Å²) >= 11 is 1.04. The summed E-state index contributed by atoms with van der Waals surface area (Å²) in [6, 6.07) is 21.6. The zero-order valence-electron chi connectivity index (χ0n) is 22.3. The molecule has 1 N–H and O–H groups in total. The summed E-state index contributed by atoms with van der Waals surface area (Å²) < 4.78 is 14.2. The number of carbonyl (C=O) groups is 2. The zero-order chi connectivity index (χ0) is 27.4. The Morgan fingerprint density at radius 2 is 1.79 bits per heavy atom. The van der Waals surface area contributed by atoms with Gasteiger partial charge in [0.15, 0.2) is 0 Å². The molecule has 3 aromatic carbocycles. The number of imide groups is 1. The first-order valence-electron chi connectivity index (χ1n) is 13.1. The summed E-state index contributed by atoms with van der Waals surface area (Å²) in [6.45, 7) is 3.51. The molecule has 0 saturated carbocycles. The van der Waals surface area contributed by atoms with Gasteiger partial charge in [-0.25, -0.2) is 4.98 Å². The lowest BCUT2D eigenvalue weighted by molar-refractivity contribution is -0.118. The fraction of sp³-hybridized carbons (Fsp3) is 0.300. The molecule has 2 amide bonds. The van der Waals surface area contributed by atoms with E-state index in [1.54, 1.807) is 0 Å². The molecule has 0 bridgehead atoms. The molecule has 39 heavy (non-hydrogen) atoms. The van der Waals surface area contributed by atoms with Crippen molar-refractivity contribution >= 4 is 39.6 Å². The van der Waals surface area contributed by atoms with Crippen LogP contribution in [0.4, 0.5) is 10.5 Å². The number of fused-ring (bicyclic) bond motifs is 1. The van der Waals surface area contributed by atoms with Gasteiger partial charge in [0.25, 0.3) is 5.24 Å². The molecule has 1 aliphatic heterocycles. The number of thioether (sulfide) groups is 1. The van der Waals surface area contributed by atoms with E-state index in [9.17, 15) is 9.59 Å². The molecule has 1 aromatic heterocycles. The molecule has 2 heterocycles. The third kappa shape index (κ3) is 6.37. The molecule has 1 fully saturated rings. The summed E-state index contributed by atoms with van der Waals surface area (Å²) in [5, 5.41) is 1.66. The first kappa shape index (κ1) is 26.6. The van der Waals surface area contributed by atoms with Crippen LogP contribution in [0.1, 0.15) is 31.2 Å². The van der Waals surface area contributed by atoms with Crippen LogP contribution in [0, 0.1) is 0 Å². The number of hydrogen-bond acceptors (Lipinski definition) is 7. The number of carbonyl (C=O) groups excluding carboxylic acids is 2. The number of nitrogens with zero attached hydrogens (tertiary/aromatic N) is 3. The Hall–Kier alpha value is -3.98. The summed E-state index contributed by atoms with van der Waals surface area (Å²) in [4.78, 5) is 30.2. The molecule has 9 heteroatoms. The van der Waals surface area contributed by atoms with Gasteiger partial charge in [0.05, 0.1) is 16.3 Å². The minimum atomic E-state index is -0.380. The van der Waals surface area contributed by atoms with Gasteiger partial charge in [-0.2, -0.15) is 0 Å². The lowest BCUT2D eigenvalue weighted by atomic mass is 10.1. The number of unbranched alkanes of at least 4 members (excludes halogenated alkanes) is 1. The Kier molecular flexibility index (Phi) is 8.07. The summed E-state index contributed by atoms with van der Waals surface area (Å²) in [5.74, 6) is 2.81. The number of hydrogen-bond donors (Lipinski definition) is 1. The van der Waals surface area contributed by atoms with Crippen molar-refractivity contribution in [2.24, 2.45) is 7.05 Å². The predicted octanol–water partition coefficient (Wildman–Crippen LogP) is 6.08. The van der Waals surface area contributed by atoms with Crippen LogP contribution in [0.15, 0.2) is 66.7 Å². The summed E-state index contributed by atoms with van der Waals surface area (Å²) in [7, 11) is 4.07. The van der Waals surface area contributed by atoms with Gasteiger partial charge >= 0.3 is 0 Å². The molecule has 1 atom stereocenters. The van der Waals surface area contributed by atoms with Crippen molar-refractivity contribution in [1.82, 2.24) is 14.9 Å². The predicted molar refractivity (Wildman–Crippen MR) is 155 cm³/mol. The number of benzene rings is 3. The zero-order valence-corrected chi connectivity index (χ0v) is 23.2. The van der Waals surface area contributed by atoms with Crippen LogP contribution in [0.2, 0.25) is 0 Å². The van der Waals surface area contributed by atoms with Gasteiger partial charge in [0.1, 0.15) is 29.7 Å². The Morgan fingerprint density at radius 1 is 1.03 bits per heavy atom. The van der Waals surface area contributed by atoms with Crippen molar-refractivity contribution < 1.29 is 19.1 Å². The van der Waals surface area contributed by atoms with Crippen LogP contribution < -0.4 is 19.7 Å². The topological polar surface area (TPSA) is 85.7 Å². The first-order chi connectivity index (χ1) is 18.9. The van der Waals surface area contributed by atoms with E-state index in [2.05, 4.69) is 36.3 Å². The van der Waals surface area contributed by atoms with E-state index in [0.717, 1.165) is 70.8 Å². The van der Waals surface area contributed by atoms with Gasteiger partial charge in [-0.3, -0.25) is 14.9 Å². The second kappa shape index (κ2) is 11.8. The number of anilines is 1. The molecule has 1 saturated heterocycles. The number of aryl methyl sites for hydroxylation is 1. The summed E-state index contributed by atoms with van der Waals surface area (Å²) in [6.07, 6.45) is 2.81. The molecule has 8 nitrogen and oxygen atoms in total. The fourth-order valence-electron chi connectivity index (χ4n) is 4.47. The molecule has 5 rings (SSSR count). The van der Waals surface area contributed by atoms with E-state index < -0.39 is 0 Å². The molecule has 0 aliphatic carbocycles. The molecular weight excluding hydrogens is 512 g/mol. The molecule has 1 aliphatic rings. The van der Waals surface area contributed by atoms with Crippen molar-refractivity contribution in [1.29, 1.82) is 0 Å². The lowest BCUT2D eigenvalue weighted by Crippen LogP contribution is -2.25. The fourth-order valence-corrected chi connectivity index (χ4v) is 5.33. The number of aromatic nitrogens is 2. The summed E-state index contributed by atoms with van der Waals surface area (Å²) in [5.41, 5.74) is 3.93. The maximum atomic E-state index is 11.8. The lowest BCUT2D eigenvalue weighted by Gasteiger charge is -2.19. The van der Waals surface area contributed by atoms with Crippen molar-refractivity contribution in [3.8, 4) is 17.2 Å². The quantitative estimate of drug-likeness (QED) is 0.245. The second-order valence-corrected chi connectivity index (χ2v) is 10.8. The van der Waals surface area contributed by atoms with E-state index >= 15 is 0 Å². The number of imidazole rings is 1. The van der Waals surface area contributed by atoms with Crippen molar-refractivity contribution in [3.05, 3.63) is 78.1 Å². The Bertz CT molecular complexity index is 1480. The van der Waals surface area contributed by atoms with Crippen LogP contribution in [-0.4, -0.2) is 39.5 Å². The van der Waals surface area contributed by atoms with E-state index in [4.69, 9.17) is 14.5 Å². The van der Waals surface area contributed by atoms with Gasteiger partial charge in [0.2, 0.25) is 5.91 Å². The highest BCUT2D eigenvalue weighted by atomic mass is 32.2. The van der Waals surface area contributed by atoms with Gasteiger partial charge in [0, 0.05) is 38.5 Å². The minimum Gasteiger partial charge on any atom is -0.486 e. The molecule has 0 radical (unpaired) electrons. The van der Waals surface area contributed by atoms with Crippen molar-refractivity contribution in [2.75, 3.05) is 18.5 Å². The first-order valence-corrected chi connectivity index (χ1v) is 13.9. The smallest absolute Gasteiger partial charge is 0.286 e. The minimum absolute atomic E-state index is 0.232. The van der Waals surface area contributed by atoms with Crippen LogP contribution in [0.3, 0.4) is 0 Å². The van der Waals surface area contributed by atoms with Crippen LogP contribution in [0.25, 0.3) is 11.0 Å². The Labute approximate surface area is 232 Å². The highest BCUT2D eigenvalue weighted by Crippen LogP contribution is 2.29. The molecular formula is C30H32N4O4S. The number of rotatable bonds is 11. The van der Waals surface area contributed by atoms with Crippen LogP contribution in [-0.2, 0) is 24.9 Å². The normalized spacial score (nSPS) is 15.0. The van der Waals surface area contributed by atoms with Crippen molar-refractivity contribution in [3.63, 3.8) is 0 Å². The van der Waals surface area contributed by atoms with E-state index in [-0.39, 0.29) is 16.4 Å². The molecule has 0 spiro atoms. The number of nitrogens with one attached hydrogen (secondary N) is 1. The SMILES string of the molecule is CCCCN(C)c1cccc(Oc2ccc3nc(COc4ccc(CC5SC(=O)NC5=O)cc4)n(C)c3c2)c1. The van der Waals surface area contributed by atoms with E-state index in [1.165, 1.54) is 0 Å². The highest BCUT2D eigenvalue weighted by molar-refractivity contribution is 8.15. The van der Waals surface area contributed by atoms with Gasteiger partial charge in [-0.1, -0.05) is 43.3 Å². The average molecular weight is 545 g/mol. The van der Waals surface area contributed by atoms with Gasteiger partial charge < -0.3 is 18.9 Å². The standard InChI is InChI=1S/C30H32N4O4S/c1-4-5-15-33(2)21-7-6-8-23(17-21)38-24-13-14-25-26(18-24)34(3)28(31-25)19-37-22-11-9-20(10-12-22)16-27-29(35)32-30(36)39-27/h6-14,17-18,27H,4-5,15-16,19H2,1-3H3,(H,32,35,36). The Morgan fingerprint density at radius 3 is 2.54 bits per heavy atom. The van der Waals surface area contributed by atoms with Crippen LogP contribution >= 0.6 is 11.8 Å². The third-order valence-electron chi connectivity index (χ3n) is 6.77. The highest BCUT2D eigenvalue weighted by Gasteiger charge is 2.31.